The summed E-state index contributed by atoms with van der Waals surface area (Å²) >= 11 is 0. The molecule has 0 radical (unpaired) electrons. The fourth-order valence-corrected chi connectivity index (χ4v) is 3.67. The molecule has 2 N–H and O–H groups in total. The number of aryl methyl sites for hydroxylation is 2. The highest BCUT2D eigenvalue weighted by molar-refractivity contribution is 6.05. The number of methoxy groups -OCH3 is 1. The molecule has 0 aliphatic rings. The summed E-state index contributed by atoms with van der Waals surface area (Å²) in [5.41, 5.74) is 4.35. The maximum Gasteiger partial charge on any atom is 0.255 e. The number of fused-ring (bicyclic) bond motifs is 1. The number of carbonyl (C=O) groups excluding carboxylic acids is 1. The van der Waals surface area contributed by atoms with Crippen LogP contribution in [-0.2, 0) is 7.05 Å². The predicted octanol–water partition coefficient (Wildman–Crippen LogP) is 4.74. The third-order valence-electron chi connectivity index (χ3n) is 5.59. The molecule has 35 heavy (non-hydrogen) atoms. The van der Waals surface area contributed by atoms with E-state index in [4.69, 9.17) is 9.72 Å². The van der Waals surface area contributed by atoms with E-state index in [1.54, 1.807) is 48.6 Å². The van der Waals surface area contributed by atoms with Crippen LogP contribution in [0.5, 0.6) is 5.75 Å². The van der Waals surface area contributed by atoms with Gasteiger partial charge in [0.05, 0.1) is 18.7 Å². The normalized spacial score (nSPS) is 10.8. The fraction of sp³-hybridized carbons (Fsp3) is 0.115. The lowest BCUT2D eigenvalue weighted by Crippen LogP contribution is -2.12. The Bertz CT molecular complexity index is 1530. The van der Waals surface area contributed by atoms with E-state index >= 15 is 0 Å². The summed E-state index contributed by atoms with van der Waals surface area (Å²) in [6.07, 6.45) is 5.15. The Labute approximate surface area is 201 Å². The van der Waals surface area contributed by atoms with Crippen LogP contribution in [-0.4, -0.2) is 37.7 Å². The van der Waals surface area contributed by atoms with Crippen molar-refractivity contribution < 1.29 is 9.53 Å². The largest absolute Gasteiger partial charge is 0.497 e. The number of amides is 1. The van der Waals surface area contributed by atoms with Gasteiger partial charge in [-0.2, -0.15) is 5.10 Å². The molecule has 9 heteroatoms. The Morgan fingerprint density at radius 1 is 1.03 bits per heavy atom. The van der Waals surface area contributed by atoms with Crippen LogP contribution in [0, 0.1) is 6.92 Å². The standard InChI is InChI=1S/C26H23N7O2/c1-16-9-10-17(26(34)29-19-7-4-8-20(13-19)35-3)12-22(16)30-24-21-15-28-33(2)25(21)32-23(31-24)18-6-5-11-27-14-18/h4-15H,1-3H3,(H,29,34)(H,30,31,32). The summed E-state index contributed by atoms with van der Waals surface area (Å²) in [6, 6.07) is 16.5. The second kappa shape index (κ2) is 9.22. The first kappa shape index (κ1) is 22.0. The van der Waals surface area contributed by atoms with Gasteiger partial charge in [0, 0.05) is 48.0 Å². The molecule has 0 saturated carbocycles. The average molecular weight is 466 g/mol. The number of carbonyl (C=O) groups is 1. The summed E-state index contributed by atoms with van der Waals surface area (Å²) in [6.45, 7) is 1.97. The van der Waals surface area contributed by atoms with Gasteiger partial charge in [0.2, 0.25) is 0 Å². The molecule has 0 bridgehead atoms. The lowest BCUT2D eigenvalue weighted by molar-refractivity contribution is 0.102. The molecule has 0 fully saturated rings. The van der Waals surface area contributed by atoms with Crippen molar-refractivity contribution in [2.75, 3.05) is 17.7 Å². The van der Waals surface area contributed by atoms with Crippen LogP contribution < -0.4 is 15.4 Å². The van der Waals surface area contributed by atoms with Gasteiger partial charge in [-0.15, -0.1) is 0 Å². The first-order valence-corrected chi connectivity index (χ1v) is 10.9. The molecule has 9 nitrogen and oxygen atoms in total. The second-order valence-corrected chi connectivity index (χ2v) is 7.98. The van der Waals surface area contributed by atoms with Crippen LogP contribution in [0.1, 0.15) is 15.9 Å². The number of benzene rings is 2. The summed E-state index contributed by atoms with van der Waals surface area (Å²) in [7, 11) is 3.42. The molecular formula is C26H23N7O2. The molecule has 3 aromatic heterocycles. The summed E-state index contributed by atoms with van der Waals surface area (Å²) < 4.78 is 6.94. The fourth-order valence-electron chi connectivity index (χ4n) is 3.67. The van der Waals surface area contributed by atoms with E-state index < -0.39 is 0 Å². The van der Waals surface area contributed by atoms with E-state index in [0.29, 0.717) is 34.3 Å². The number of anilines is 3. The van der Waals surface area contributed by atoms with Gasteiger partial charge >= 0.3 is 0 Å². The molecule has 174 valence electrons. The first-order valence-electron chi connectivity index (χ1n) is 10.9. The van der Waals surface area contributed by atoms with Crippen LogP contribution in [0.15, 0.2) is 73.2 Å². The van der Waals surface area contributed by atoms with Crippen molar-refractivity contribution in [3.05, 3.63) is 84.3 Å². The highest BCUT2D eigenvalue weighted by Crippen LogP contribution is 2.29. The van der Waals surface area contributed by atoms with Crippen molar-refractivity contribution in [2.45, 2.75) is 6.92 Å². The Hall–Kier alpha value is -4.79. The van der Waals surface area contributed by atoms with Crippen molar-refractivity contribution in [3.63, 3.8) is 0 Å². The number of ether oxygens (including phenoxy) is 1. The van der Waals surface area contributed by atoms with Gasteiger partial charge in [0.15, 0.2) is 11.5 Å². The molecule has 0 unspecified atom stereocenters. The number of nitrogens with zero attached hydrogens (tertiary/aromatic N) is 5. The SMILES string of the molecule is COc1cccc(NC(=O)c2ccc(C)c(Nc3nc(-c4cccnc4)nc4c3cnn4C)c2)c1. The lowest BCUT2D eigenvalue weighted by Gasteiger charge is -2.13. The average Bonchev–Trinajstić information content (AvgIpc) is 3.26. The number of hydrogen-bond acceptors (Lipinski definition) is 7. The molecule has 0 aliphatic carbocycles. The Balaban J connectivity index is 1.49. The quantitative estimate of drug-likeness (QED) is 0.373. The molecule has 5 rings (SSSR count). The zero-order valence-electron chi connectivity index (χ0n) is 19.5. The van der Waals surface area contributed by atoms with Crippen LogP contribution in [0.25, 0.3) is 22.4 Å². The molecule has 0 saturated heterocycles. The molecule has 2 aromatic carbocycles. The van der Waals surface area contributed by atoms with Gasteiger partial charge in [0.1, 0.15) is 11.6 Å². The zero-order valence-corrected chi connectivity index (χ0v) is 19.5. The summed E-state index contributed by atoms with van der Waals surface area (Å²) in [4.78, 5) is 26.6. The highest BCUT2D eigenvalue weighted by Gasteiger charge is 2.15. The molecule has 3 heterocycles. The molecule has 0 aliphatic heterocycles. The minimum absolute atomic E-state index is 0.230. The second-order valence-electron chi connectivity index (χ2n) is 7.98. The van der Waals surface area contributed by atoms with E-state index in [1.165, 1.54) is 0 Å². The first-order chi connectivity index (χ1) is 17.0. The van der Waals surface area contributed by atoms with E-state index in [-0.39, 0.29) is 5.91 Å². The van der Waals surface area contributed by atoms with E-state index in [1.807, 2.05) is 50.4 Å². The van der Waals surface area contributed by atoms with Crippen molar-refractivity contribution in [3.8, 4) is 17.1 Å². The van der Waals surface area contributed by atoms with Crippen molar-refractivity contribution in [2.24, 2.45) is 7.05 Å². The van der Waals surface area contributed by atoms with Gasteiger partial charge in [-0.05, 0) is 48.9 Å². The topological polar surface area (TPSA) is 107 Å². The number of aromatic nitrogens is 5. The van der Waals surface area contributed by atoms with Crippen molar-refractivity contribution in [1.82, 2.24) is 24.7 Å². The minimum Gasteiger partial charge on any atom is -0.497 e. The molecule has 0 spiro atoms. The van der Waals surface area contributed by atoms with Gasteiger partial charge in [-0.25, -0.2) is 9.97 Å². The van der Waals surface area contributed by atoms with E-state index in [9.17, 15) is 4.79 Å². The Kier molecular flexibility index (Phi) is 5.80. The maximum absolute atomic E-state index is 13.0. The molecule has 5 aromatic rings. The third kappa shape index (κ3) is 4.51. The van der Waals surface area contributed by atoms with Gasteiger partial charge in [-0.1, -0.05) is 12.1 Å². The highest BCUT2D eigenvalue weighted by atomic mass is 16.5. The van der Waals surface area contributed by atoms with Gasteiger partial charge in [0.25, 0.3) is 5.91 Å². The number of pyridine rings is 1. The van der Waals surface area contributed by atoms with Crippen LogP contribution in [0.2, 0.25) is 0 Å². The van der Waals surface area contributed by atoms with Crippen LogP contribution in [0.3, 0.4) is 0 Å². The van der Waals surface area contributed by atoms with Crippen molar-refractivity contribution in [1.29, 1.82) is 0 Å². The zero-order chi connectivity index (χ0) is 24.4. The summed E-state index contributed by atoms with van der Waals surface area (Å²) in [5, 5.41) is 11.4. The van der Waals surface area contributed by atoms with Crippen molar-refractivity contribution >= 4 is 34.1 Å². The van der Waals surface area contributed by atoms with Gasteiger partial charge < -0.3 is 15.4 Å². The Morgan fingerprint density at radius 2 is 1.91 bits per heavy atom. The van der Waals surface area contributed by atoms with Crippen LogP contribution >= 0.6 is 0 Å². The molecule has 1 amide bonds. The lowest BCUT2D eigenvalue weighted by atomic mass is 10.1. The van der Waals surface area contributed by atoms with Crippen LogP contribution in [0.4, 0.5) is 17.2 Å². The number of hydrogen-bond donors (Lipinski definition) is 2. The number of rotatable bonds is 6. The summed E-state index contributed by atoms with van der Waals surface area (Å²) in [5.74, 6) is 1.56. The number of nitrogens with one attached hydrogen (secondary N) is 2. The third-order valence-corrected chi connectivity index (χ3v) is 5.59. The molecule has 0 atom stereocenters. The smallest absolute Gasteiger partial charge is 0.255 e. The Morgan fingerprint density at radius 3 is 2.71 bits per heavy atom. The van der Waals surface area contributed by atoms with E-state index in [0.717, 1.165) is 22.2 Å². The minimum atomic E-state index is -0.230. The van der Waals surface area contributed by atoms with Gasteiger partial charge in [-0.3, -0.25) is 14.5 Å². The predicted molar refractivity (Wildman–Crippen MR) is 135 cm³/mol. The van der Waals surface area contributed by atoms with E-state index in [2.05, 4.69) is 25.7 Å². The maximum atomic E-state index is 13.0. The molecular weight excluding hydrogens is 442 g/mol. The monoisotopic (exact) mass is 465 g/mol.